The number of likely N-dealkylation sites (N-methyl/N-ethyl adjacent to an activating group) is 1. The summed E-state index contributed by atoms with van der Waals surface area (Å²) in [7, 11) is 4.08. The van der Waals surface area contributed by atoms with Crippen LogP contribution in [0, 0.1) is 0 Å². The number of piperazine rings is 1. The Kier molecular flexibility index (Phi) is 4.43. The largest absolute Gasteiger partial charge is 0.353 e. The van der Waals surface area contributed by atoms with Crippen molar-refractivity contribution in [3.63, 3.8) is 0 Å². The Bertz CT molecular complexity index is 410. The van der Waals surface area contributed by atoms with Crippen molar-refractivity contribution < 1.29 is 0 Å². The number of hydrogen-bond acceptors (Lipinski definition) is 4. The fraction of sp³-hybridized carbons (Fsp3) is 0.615. The molecule has 100 valence electrons. The maximum atomic E-state index is 6.34. The highest BCUT2D eigenvalue weighted by Crippen LogP contribution is 2.25. The van der Waals surface area contributed by atoms with Crippen LogP contribution in [-0.2, 0) is 6.54 Å². The molecule has 2 rings (SSSR count). The predicted molar refractivity (Wildman–Crippen MR) is 76.3 cm³/mol. The quantitative estimate of drug-likeness (QED) is 0.902. The smallest absolute Gasteiger partial charge is 0.147 e. The number of pyridine rings is 1. The average molecular weight is 269 g/mol. The molecule has 1 aromatic rings. The van der Waals surface area contributed by atoms with Crippen LogP contribution in [0.15, 0.2) is 12.3 Å². The lowest BCUT2D eigenvalue weighted by atomic mass is 10.2. The van der Waals surface area contributed by atoms with Gasteiger partial charge in [0, 0.05) is 38.4 Å². The summed E-state index contributed by atoms with van der Waals surface area (Å²) in [6.45, 7) is 6.05. The molecule has 1 atom stereocenters. The minimum Gasteiger partial charge on any atom is -0.353 e. The van der Waals surface area contributed by atoms with Gasteiger partial charge in [-0.3, -0.25) is 0 Å². The molecule has 0 saturated carbocycles. The monoisotopic (exact) mass is 268 g/mol. The molecule has 5 heteroatoms. The summed E-state index contributed by atoms with van der Waals surface area (Å²) in [6, 6.07) is 2.54. The van der Waals surface area contributed by atoms with Gasteiger partial charge in [-0.05, 0) is 32.6 Å². The molecule has 0 aromatic carbocycles. The number of hydrogen-bond donors (Lipinski definition) is 1. The summed E-state index contributed by atoms with van der Waals surface area (Å²) < 4.78 is 0. The molecule has 0 bridgehead atoms. The van der Waals surface area contributed by atoms with Crippen molar-refractivity contribution in [3.05, 3.63) is 22.8 Å². The Labute approximate surface area is 114 Å². The number of aromatic nitrogens is 1. The van der Waals surface area contributed by atoms with Crippen LogP contribution in [0.4, 0.5) is 5.82 Å². The van der Waals surface area contributed by atoms with E-state index in [2.05, 4.69) is 34.1 Å². The van der Waals surface area contributed by atoms with Crippen LogP contribution in [0.3, 0.4) is 0 Å². The standard InChI is InChI=1S/C13H21ClN4/c1-10-9-18(5-4-17(10)3)13-12(14)6-11(7-15-2)8-16-13/h6,8,10,15H,4-5,7,9H2,1-3H3. The first-order valence-electron chi connectivity index (χ1n) is 6.36. The molecule has 1 unspecified atom stereocenters. The van der Waals surface area contributed by atoms with E-state index in [-0.39, 0.29) is 0 Å². The van der Waals surface area contributed by atoms with Crippen molar-refractivity contribution in [1.82, 2.24) is 15.2 Å². The Morgan fingerprint density at radius 1 is 1.50 bits per heavy atom. The number of nitrogens with one attached hydrogen (secondary N) is 1. The fourth-order valence-corrected chi connectivity index (χ4v) is 2.55. The highest BCUT2D eigenvalue weighted by Gasteiger charge is 2.23. The lowest BCUT2D eigenvalue weighted by Gasteiger charge is -2.38. The van der Waals surface area contributed by atoms with Crippen LogP contribution in [-0.4, -0.2) is 49.7 Å². The number of nitrogens with zero attached hydrogens (tertiary/aromatic N) is 3. The van der Waals surface area contributed by atoms with Gasteiger partial charge in [-0.2, -0.15) is 0 Å². The molecule has 0 amide bonds. The molecule has 1 aromatic heterocycles. The van der Waals surface area contributed by atoms with Crippen molar-refractivity contribution in [1.29, 1.82) is 0 Å². The summed E-state index contributed by atoms with van der Waals surface area (Å²) in [5.74, 6) is 0.913. The second-order valence-electron chi connectivity index (χ2n) is 4.95. The summed E-state index contributed by atoms with van der Waals surface area (Å²) in [6.07, 6.45) is 1.90. The van der Waals surface area contributed by atoms with Gasteiger partial charge in [0.15, 0.2) is 0 Å². The number of rotatable bonds is 3. The Hall–Kier alpha value is -0.840. The van der Waals surface area contributed by atoms with Crippen molar-refractivity contribution in [2.45, 2.75) is 19.5 Å². The van der Waals surface area contributed by atoms with Crippen molar-refractivity contribution >= 4 is 17.4 Å². The van der Waals surface area contributed by atoms with E-state index in [1.165, 1.54) is 0 Å². The van der Waals surface area contributed by atoms with Crippen LogP contribution < -0.4 is 10.2 Å². The highest BCUT2D eigenvalue weighted by atomic mass is 35.5. The van der Waals surface area contributed by atoms with E-state index < -0.39 is 0 Å². The van der Waals surface area contributed by atoms with Gasteiger partial charge in [0.25, 0.3) is 0 Å². The van der Waals surface area contributed by atoms with Gasteiger partial charge in [0.05, 0.1) is 5.02 Å². The van der Waals surface area contributed by atoms with Crippen molar-refractivity contribution in [2.75, 3.05) is 38.6 Å². The molecule has 4 nitrogen and oxygen atoms in total. The summed E-state index contributed by atoms with van der Waals surface area (Å²) in [4.78, 5) is 9.15. The predicted octanol–water partition coefficient (Wildman–Crippen LogP) is 1.59. The number of anilines is 1. The van der Waals surface area contributed by atoms with E-state index in [9.17, 15) is 0 Å². The van der Waals surface area contributed by atoms with Gasteiger partial charge in [-0.25, -0.2) is 4.98 Å². The Morgan fingerprint density at radius 2 is 2.28 bits per heavy atom. The zero-order valence-corrected chi connectivity index (χ0v) is 12.0. The second kappa shape index (κ2) is 5.87. The van der Waals surface area contributed by atoms with E-state index in [4.69, 9.17) is 11.6 Å². The highest BCUT2D eigenvalue weighted by molar-refractivity contribution is 6.33. The van der Waals surface area contributed by atoms with E-state index in [1.807, 2.05) is 19.3 Å². The summed E-state index contributed by atoms with van der Waals surface area (Å²) in [5.41, 5.74) is 1.12. The maximum absolute atomic E-state index is 6.34. The third kappa shape index (κ3) is 2.94. The molecule has 18 heavy (non-hydrogen) atoms. The third-order valence-corrected chi connectivity index (χ3v) is 3.80. The van der Waals surface area contributed by atoms with E-state index in [1.54, 1.807) is 0 Å². The van der Waals surface area contributed by atoms with Crippen LogP contribution in [0.25, 0.3) is 0 Å². The van der Waals surface area contributed by atoms with Gasteiger partial charge in [-0.15, -0.1) is 0 Å². The van der Waals surface area contributed by atoms with Crippen LogP contribution in [0.5, 0.6) is 0 Å². The SMILES string of the molecule is CNCc1cnc(N2CCN(C)C(C)C2)c(Cl)c1. The van der Waals surface area contributed by atoms with E-state index in [0.29, 0.717) is 6.04 Å². The molecule has 1 N–H and O–H groups in total. The van der Waals surface area contributed by atoms with Gasteiger partial charge < -0.3 is 15.1 Å². The second-order valence-corrected chi connectivity index (χ2v) is 5.36. The molecule has 0 spiro atoms. The van der Waals surface area contributed by atoms with Crippen molar-refractivity contribution in [2.24, 2.45) is 0 Å². The molecule has 1 saturated heterocycles. The van der Waals surface area contributed by atoms with E-state index in [0.717, 1.165) is 42.6 Å². The summed E-state index contributed by atoms with van der Waals surface area (Å²) in [5, 5.41) is 3.85. The van der Waals surface area contributed by atoms with Crippen molar-refractivity contribution in [3.8, 4) is 0 Å². The average Bonchev–Trinajstić information content (AvgIpc) is 2.34. The minimum atomic E-state index is 0.536. The Morgan fingerprint density at radius 3 is 2.89 bits per heavy atom. The molecule has 0 aliphatic carbocycles. The lowest BCUT2D eigenvalue weighted by Crippen LogP contribution is -2.50. The van der Waals surface area contributed by atoms with Gasteiger partial charge in [0.2, 0.25) is 0 Å². The van der Waals surface area contributed by atoms with Gasteiger partial charge >= 0.3 is 0 Å². The lowest BCUT2D eigenvalue weighted by molar-refractivity contribution is 0.233. The van der Waals surface area contributed by atoms with Gasteiger partial charge in [-0.1, -0.05) is 11.6 Å². The Balaban J connectivity index is 2.13. The zero-order valence-electron chi connectivity index (χ0n) is 11.3. The molecule has 1 fully saturated rings. The van der Waals surface area contributed by atoms with E-state index >= 15 is 0 Å². The molecule has 0 radical (unpaired) electrons. The zero-order chi connectivity index (χ0) is 13.1. The topological polar surface area (TPSA) is 31.4 Å². The minimum absolute atomic E-state index is 0.536. The van der Waals surface area contributed by atoms with Crippen LogP contribution >= 0.6 is 11.6 Å². The maximum Gasteiger partial charge on any atom is 0.147 e. The molecular formula is C13H21ClN4. The first-order valence-corrected chi connectivity index (χ1v) is 6.74. The first-order chi connectivity index (χ1) is 8.61. The molecule has 1 aliphatic heterocycles. The molecule has 2 heterocycles. The first kappa shape index (κ1) is 13.6. The van der Waals surface area contributed by atoms with Crippen LogP contribution in [0.1, 0.15) is 12.5 Å². The van der Waals surface area contributed by atoms with Gasteiger partial charge in [0.1, 0.15) is 5.82 Å². The molecule has 1 aliphatic rings. The molecular weight excluding hydrogens is 248 g/mol. The number of halogens is 1. The third-order valence-electron chi connectivity index (χ3n) is 3.52. The van der Waals surface area contributed by atoms with Crippen LogP contribution in [0.2, 0.25) is 5.02 Å². The normalized spacial score (nSPS) is 21.3. The fourth-order valence-electron chi connectivity index (χ4n) is 2.24. The summed E-state index contributed by atoms with van der Waals surface area (Å²) >= 11 is 6.34.